The lowest BCUT2D eigenvalue weighted by Crippen LogP contribution is -2.19. The van der Waals surface area contributed by atoms with Crippen LogP contribution in [0.3, 0.4) is 0 Å². The number of anilines is 2. The SMILES string of the molecule is CC(CCNc1ccccc1)Nc1ccccc1. The van der Waals surface area contributed by atoms with E-state index in [9.17, 15) is 0 Å². The van der Waals surface area contributed by atoms with E-state index in [1.807, 2.05) is 24.3 Å². The van der Waals surface area contributed by atoms with E-state index in [-0.39, 0.29) is 0 Å². The third-order valence-corrected chi connectivity index (χ3v) is 2.87. The van der Waals surface area contributed by atoms with E-state index in [2.05, 4.69) is 54.0 Å². The second-order valence-electron chi connectivity index (χ2n) is 4.49. The zero-order chi connectivity index (χ0) is 12.6. The van der Waals surface area contributed by atoms with E-state index in [4.69, 9.17) is 0 Å². The predicted molar refractivity (Wildman–Crippen MR) is 79.1 cm³/mol. The summed E-state index contributed by atoms with van der Waals surface area (Å²) in [4.78, 5) is 0. The molecule has 1 atom stereocenters. The molecule has 0 saturated heterocycles. The number of nitrogens with one attached hydrogen (secondary N) is 2. The summed E-state index contributed by atoms with van der Waals surface area (Å²) in [6, 6.07) is 21.1. The van der Waals surface area contributed by atoms with E-state index in [0.29, 0.717) is 6.04 Å². The van der Waals surface area contributed by atoms with E-state index < -0.39 is 0 Å². The zero-order valence-electron chi connectivity index (χ0n) is 10.8. The van der Waals surface area contributed by atoms with Crippen LogP contribution in [0, 0.1) is 0 Å². The molecule has 0 fully saturated rings. The lowest BCUT2D eigenvalue weighted by atomic mass is 10.2. The first-order valence-corrected chi connectivity index (χ1v) is 6.45. The van der Waals surface area contributed by atoms with Crippen LogP contribution in [-0.4, -0.2) is 12.6 Å². The average molecular weight is 240 g/mol. The molecule has 0 aromatic heterocycles. The normalized spacial score (nSPS) is 11.8. The van der Waals surface area contributed by atoms with Crippen LogP contribution in [0.25, 0.3) is 0 Å². The van der Waals surface area contributed by atoms with Gasteiger partial charge in [-0.1, -0.05) is 36.4 Å². The van der Waals surface area contributed by atoms with Gasteiger partial charge in [0.15, 0.2) is 0 Å². The number of rotatable bonds is 6. The summed E-state index contributed by atoms with van der Waals surface area (Å²) < 4.78 is 0. The summed E-state index contributed by atoms with van der Waals surface area (Å²) in [5.41, 5.74) is 2.37. The molecule has 0 aliphatic rings. The Morgan fingerprint density at radius 2 is 1.39 bits per heavy atom. The molecule has 2 aromatic carbocycles. The van der Waals surface area contributed by atoms with Gasteiger partial charge in [-0.15, -0.1) is 0 Å². The number of para-hydroxylation sites is 2. The van der Waals surface area contributed by atoms with Crippen molar-refractivity contribution in [2.24, 2.45) is 0 Å². The maximum atomic E-state index is 3.49. The van der Waals surface area contributed by atoms with Crippen LogP contribution in [0.2, 0.25) is 0 Å². The molecule has 94 valence electrons. The second kappa shape index (κ2) is 6.70. The van der Waals surface area contributed by atoms with Gasteiger partial charge in [0.05, 0.1) is 0 Å². The molecule has 1 unspecified atom stereocenters. The maximum absolute atomic E-state index is 3.49. The van der Waals surface area contributed by atoms with Gasteiger partial charge in [-0.2, -0.15) is 0 Å². The first-order valence-electron chi connectivity index (χ1n) is 6.45. The first kappa shape index (κ1) is 12.5. The van der Waals surface area contributed by atoms with Crippen molar-refractivity contribution >= 4 is 11.4 Å². The van der Waals surface area contributed by atoms with Crippen molar-refractivity contribution in [3.63, 3.8) is 0 Å². The molecule has 0 radical (unpaired) electrons. The minimum atomic E-state index is 0.462. The van der Waals surface area contributed by atoms with Crippen molar-refractivity contribution < 1.29 is 0 Å². The van der Waals surface area contributed by atoms with Gasteiger partial charge in [0.1, 0.15) is 0 Å². The Balaban J connectivity index is 1.71. The van der Waals surface area contributed by atoms with Crippen molar-refractivity contribution in [3.05, 3.63) is 60.7 Å². The van der Waals surface area contributed by atoms with E-state index >= 15 is 0 Å². The maximum Gasteiger partial charge on any atom is 0.0342 e. The summed E-state index contributed by atoms with van der Waals surface area (Å²) >= 11 is 0. The average Bonchev–Trinajstić information content (AvgIpc) is 2.41. The quantitative estimate of drug-likeness (QED) is 0.797. The number of hydrogen-bond acceptors (Lipinski definition) is 2. The molecule has 0 aliphatic heterocycles. The summed E-state index contributed by atoms with van der Waals surface area (Å²) in [5.74, 6) is 0. The Hall–Kier alpha value is -1.96. The molecule has 2 N–H and O–H groups in total. The smallest absolute Gasteiger partial charge is 0.0342 e. The Bertz CT molecular complexity index is 439. The van der Waals surface area contributed by atoms with Crippen LogP contribution in [0.5, 0.6) is 0 Å². The highest BCUT2D eigenvalue weighted by Gasteiger charge is 2.01. The number of hydrogen-bond donors (Lipinski definition) is 2. The monoisotopic (exact) mass is 240 g/mol. The highest BCUT2D eigenvalue weighted by molar-refractivity contribution is 5.44. The lowest BCUT2D eigenvalue weighted by Gasteiger charge is -2.15. The Morgan fingerprint density at radius 3 is 2.00 bits per heavy atom. The molecule has 2 rings (SSSR count). The van der Waals surface area contributed by atoms with Crippen LogP contribution < -0.4 is 10.6 Å². The van der Waals surface area contributed by atoms with Crippen LogP contribution in [0.1, 0.15) is 13.3 Å². The van der Waals surface area contributed by atoms with Gasteiger partial charge < -0.3 is 10.6 Å². The van der Waals surface area contributed by atoms with Gasteiger partial charge in [-0.05, 0) is 37.6 Å². The fourth-order valence-corrected chi connectivity index (χ4v) is 1.88. The molecule has 2 aromatic rings. The molecule has 0 bridgehead atoms. The minimum Gasteiger partial charge on any atom is -0.385 e. The highest BCUT2D eigenvalue weighted by atomic mass is 14.9. The van der Waals surface area contributed by atoms with Crippen molar-refractivity contribution in [1.82, 2.24) is 0 Å². The summed E-state index contributed by atoms with van der Waals surface area (Å²) in [6.45, 7) is 3.19. The molecule has 0 spiro atoms. The van der Waals surface area contributed by atoms with Crippen molar-refractivity contribution in [2.75, 3.05) is 17.2 Å². The Labute approximate surface area is 109 Å². The van der Waals surface area contributed by atoms with E-state index in [1.54, 1.807) is 0 Å². The molecule has 18 heavy (non-hydrogen) atoms. The van der Waals surface area contributed by atoms with Crippen LogP contribution in [0.4, 0.5) is 11.4 Å². The summed E-state index contributed by atoms with van der Waals surface area (Å²) in [7, 11) is 0. The van der Waals surface area contributed by atoms with Gasteiger partial charge in [0.25, 0.3) is 0 Å². The third-order valence-electron chi connectivity index (χ3n) is 2.87. The lowest BCUT2D eigenvalue weighted by molar-refractivity contribution is 0.734. The number of benzene rings is 2. The van der Waals surface area contributed by atoms with Crippen LogP contribution >= 0.6 is 0 Å². The first-order chi connectivity index (χ1) is 8.84. The topological polar surface area (TPSA) is 24.1 Å². The minimum absolute atomic E-state index is 0.462. The molecular weight excluding hydrogens is 220 g/mol. The van der Waals surface area contributed by atoms with E-state index in [0.717, 1.165) is 13.0 Å². The molecule has 0 aliphatic carbocycles. The molecule has 2 heteroatoms. The fourth-order valence-electron chi connectivity index (χ4n) is 1.88. The van der Waals surface area contributed by atoms with Crippen LogP contribution in [0.15, 0.2) is 60.7 Å². The fraction of sp³-hybridized carbons (Fsp3) is 0.250. The predicted octanol–water partition coefficient (Wildman–Crippen LogP) is 3.99. The zero-order valence-corrected chi connectivity index (χ0v) is 10.8. The largest absolute Gasteiger partial charge is 0.385 e. The van der Waals surface area contributed by atoms with Gasteiger partial charge in [-0.3, -0.25) is 0 Å². The van der Waals surface area contributed by atoms with Gasteiger partial charge in [-0.25, -0.2) is 0 Å². The summed E-state index contributed by atoms with van der Waals surface area (Å²) in [5, 5.41) is 6.91. The van der Waals surface area contributed by atoms with Crippen molar-refractivity contribution in [2.45, 2.75) is 19.4 Å². The van der Waals surface area contributed by atoms with Crippen molar-refractivity contribution in [1.29, 1.82) is 0 Å². The van der Waals surface area contributed by atoms with Crippen LogP contribution in [-0.2, 0) is 0 Å². The summed E-state index contributed by atoms with van der Waals surface area (Å²) in [6.07, 6.45) is 1.09. The molecule has 0 saturated carbocycles. The molecular formula is C16H20N2. The highest BCUT2D eigenvalue weighted by Crippen LogP contribution is 2.09. The third kappa shape index (κ3) is 4.13. The molecule has 0 amide bonds. The Morgan fingerprint density at radius 1 is 0.833 bits per heavy atom. The Kier molecular flexibility index (Phi) is 4.65. The van der Waals surface area contributed by atoms with Crippen molar-refractivity contribution in [3.8, 4) is 0 Å². The molecule has 0 heterocycles. The van der Waals surface area contributed by atoms with E-state index in [1.165, 1.54) is 11.4 Å². The van der Waals surface area contributed by atoms with Gasteiger partial charge >= 0.3 is 0 Å². The second-order valence-corrected chi connectivity index (χ2v) is 4.49. The van der Waals surface area contributed by atoms with Gasteiger partial charge in [0.2, 0.25) is 0 Å². The van der Waals surface area contributed by atoms with Gasteiger partial charge in [0, 0.05) is 24.0 Å². The standard InChI is InChI=1S/C16H20N2/c1-14(18-16-10-6-3-7-11-16)12-13-17-15-8-4-2-5-9-15/h2-11,14,17-18H,12-13H2,1H3. The molecule has 2 nitrogen and oxygen atoms in total.